The SMILES string of the molecule is C=CCC(CCC)OC(=O)OC(C)(C)C. The minimum absolute atomic E-state index is 0.109. The molecular weight excluding hydrogens is 192 g/mol. The second-order valence-corrected chi connectivity index (χ2v) is 4.52. The van der Waals surface area contributed by atoms with E-state index in [-0.39, 0.29) is 6.10 Å². The Morgan fingerprint density at radius 3 is 2.47 bits per heavy atom. The standard InChI is InChI=1S/C12H22O3/c1-6-8-10(9-7-2)14-11(13)15-12(3,4)5/h6,10H,1,7-9H2,2-5H3. The van der Waals surface area contributed by atoms with Crippen molar-refractivity contribution in [2.45, 2.75) is 58.7 Å². The van der Waals surface area contributed by atoms with Crippen LogP contribution in [-0.4, -0.2) is 17.9 Å². The lowest BCUT2D eigenvalue weighted by atomic mass is 10.1. The monoisotopic (exact) mass is 214 g/mol. The molecule has 0 N–H and O–H groups in total. The molecule has 0 aliphatic heterocycles. The Hall–Kier alpha value is -0.990. The minimum atomic E-state index is -0.595. The lowest BCUT2D eigenvalue weighted by Crippen LogP contribution is -2.27. The van der Waals surface area contributed by atoms with Gasteiger partial charge in [0, 0.05) is 6.42 Å². The predicted molar refractivity (Wildman–Crippen MR) is 60.8 cm³/mol. The van der Waals surface area contributed by atoms with E-state index in [0.717, 1.165) is 12.8 Å². The summed E-state index contributed by atoms with van der Waals surface area (Å²) in [6.45, 7) is 11.1. The van der Waals surface area contributed by atoms with E-state index < -0.39 is 11.8 Å². The molecule has 0 aliphatic carbocycles. The van der Waals surface area contributed by atoms with Crippen LogP contribution >= 0.6 is 0 Å². The minimum Gasteiger partial charge on any atom is -0.431 e. The van der Waals surface area contributed by atoms with Gasteiger partial charge in [-0.1, -0.05) is 19.4 Å². The first kappa shape index (κ1) is 14.0. The molecule has 1 atom stereocenters. The van der Waals surface area contributed by atoms with Gasteiger partial charge in [-0.05, 0) is 27.2 Å². The highest BCUT2D eigenvalue weighted by Crippen LogP contribution is 2.13. The molecule has 0 spiro atoms. The molecule has 0 rings (SSSR count). The van der Waals surface area contributed by atoms with E-state index in [1.165, 1.54) is 0 Å². The molecule has 88 valence electrons. The first-order valence-electron chi connectivity index (χ1n) is 5.39. The third-order valence-electron chi connectivity index (χ3n) is 1.69. The van der Waals surface area contributed by atoms with E-state index in [1.54, 1.807) is 6.08 Å². The first-order valence-corrected chi connectivity index (χ1v) is 5.39. The molecule has 3 heteroatoms. The maximum atomic E-state index is 11.3. The second-order valence-electron chi connectivity index (χ2n) is 4.52. The van der Waals surface area contributed by atoms with Gasteiger partial charge in [0.05, 0.1) is 0 Å². The van der Waals surface area contributed by atoms with E-state index in [9.17, 15) is 4.79 Å². The van der Waals surface area contributed by atoms with Crippen LogP contribution in [0.4, 0.5) is 4.79 Å². The van der Waals surface area contributed by atoms with Crippen molar-refractivity contribution < 1.29 is 14.3 Å². The molecule has 0 radical (unpaired) electrons. The zero-order chi connectivity index (χ0) is 11.9. The zero-order valence-electron chi connectivity index (χ0n) is 10.2. The first-order chi connectivity index (χ1) is 6.89. The summed E-state index contributed by atoms with van der Waals surface area (Å²) in [5.41, 5.74) is -0.498. The van der Waals surface area contributed by atoms with Crippen molar-refractivity contribution >= 4 is 6.16 Å². The maximum Gasteiger partial charge on any atom is 0.509 e. The number of rotatable bonds is 5. The van der Waals surface area contributed by atoms with Crippen LogP contribution in [0, 0.1) is 0 Å². The van der Waals surface area contributed by atoms with E-state index in [2.05, 4.69) is 13.5 Å². The number of ether oxygens (including phenoxy) is 2. The molecule has 0 saturated carbocycles. The molecule has 0 heterocycles. The third-order valence-corrected chi connectivity index (χ3v) is 1.69. The molecule has 0 aromatic heterocycles. The van der Waals surface area contributed by atoms with E-state index in [0.29, 0.717) is 6.42 Å². The maximum absolute atomic E-state index is 11.3. The van der Waals surface area contributed by atoms with Gasteiger partial charge in [0.25, 0.3) is 0 Å². The normalized spacial score (nSPS) is 13.1. The Morgan fingerprint density at radius 2 is 2.07 bits per heavy atom. The van der Waals surface area contributed by atoms with E-state index >= 15 is 0 Å². The van der Waals surface area contributed by atoms with Crippen LogP contribution in [0.2, 0.25) is 0 Å². The molecule has 1 unspecified atom stereocenters. The lowest BCUT2D eigenvalue weighted by Gasteiger charge is -2.21. The van der Waals surface area contributed by atoms with Gasteiger partial charge in [-0.15, -0.1) is 6.58 Å². The fraction of sp³-hybridized carbons (Fsp3) is 0.750. The Bertz CT molecular complexity index is 203. The van der Waals surface area contributed by atoms with Crippen LogP contribution in [-0.2, 0) is 9.47 Å². The summed E-state index contributed by atoms with van der Waals surface area (Å²) in [6, 6.07) is 0. The Labute approximate surface area is 92.5 Å². The van der Waals surface area contributed by atoms with Gasteiger partial charge in [-0.2, -0.15) is 0 Å². The van der Waals surface area contributed by atoms with Crippen molar-refractivity contribution in [3.05, 3.63) is 12.7 Å². The number of hydrogen-bond donors (Lipinski definition) is 0. The van der Waals surface area contributed by atoms with Crippen molar-refractivity contribution in [1.82, 2.24) is 0 Å². The smallest absolute Gasteiger partial charge is 0.431 e. The van der Waals surface area contributed by atoms with Crippen molar-refractivity contribution in [3.8, 4) is 0 Å². The fourth-order valence-electron chi connectivity index (χ4n) is 1.14. The van der Waals surface area contributed by atoms with Gasteiger partial charge >= 0.3 is 6.16 Å². The second kappa shape index (κ2) is 6.49. The Balaban J connectivity index is 4.04. The van der Waals surface area contributed by atoms with Crippen molar-refractivity contribution in [2.75, 3.05) is 0 Å². The topological polar surface area (TPSA) is 35.5 Å². The van der Waals surface area contributed by atoms with Gasteiger partial charge < -0.3 is 9.47 Å². The zero-order valence-corrected chi connectivity index (χ0v) is 10.2. The molecule has 3 nitrogen and oxygen atoms in total. The molecule has 0 bridgehead atoms. The summed E-state index contributed by atoms with van der Waals surface area (Å²) in [4.78, 5) is 11.3. The molecule has 0 aromatic rings. The molecule has 0 fully saturated rings. The molecule has 0 amide bonds. The lowest BCUT2D eigenvalue weighted by molar-refractivity contribution is -0.0277. The number of carbonyl (C=O) groups excluding carboxylic acids is 1. The molecule has 0 saturated heterocycles. The Kier molecular flexibility index (Phi) is 6.06. The summed E-state index contributed by atoms with van der Waals surface area (Å²) in [5, 5.41) is 0. The van der Waals surface area contributed by atoms with Crippen molar-refractivity contribution in [3.63, 3.8) is 0 Å². The molecule has 15 heavy (non-hydrogen) atoms. The van der Waals surface area contributed by atoms with Gasteiger partial charge in [-0.25, -0.2) is 4.79 Å². The van der Waals surface area contributed by atoms with Crippen LogP contribution in [0.5, 0.6) is 0 Å². The average Bonchev–Trinajstić information content (AvgIpc) is 2.00. The van der Waals surface area contributed by atoms with Gasteiger partial charge in [0.1, 0.15) is 11.7 Å². The third kappa shape index (κ3) is 8.03. The van der Waals surface area contributed by atoms with Crippen LogP contribution in [0.15, 0.2) is 12.7 Å². The van der Waals surface area contributed by atoms with Crippen LogP contribution in [0.1, 0.15) is 47.0 Å². The largest absolute Gasteiger partial charge is 0.509 e. The van der Waals surface area contributed by atoms with Crippen molar-refractivity contribution in [2.24, 2.45) is 0 Å². The number of carbonyl (C=O) groups is 1. The number of hydrogen-bond acceptors (Lipinski definition) is 3. The fourth-order valence-corrected chi connectivity index (χ4v) is 1.14. The van der Waals surface area contributed by atoms with E-state index in [4.69, 9.17) is 9.47 Å². The summed E-state index contributed by atoms with van der Waals surface area (Å²) in [5.74, 6) is 0. The molecular formula is C12H22O3. The summed E-state index contributed by atoms with van der Waals surface area (Å²) >= 11 is 0. The van der Waals surface area contributed by atoms with Gasteiger partial charge in [0.15, 0.2) is 0 Å². The van der Waals surface area contributed by atoms with Gasteiger partial charge in [0.2, 0.25) is 0 Å². The van der Waals surface area contributed by atoms with Crippen molar-refractivity contribution in [1.29, 1.82) is 0 Å². The summed E-state index contributed by atoms with van der Waals surface area (Å²) < 4.78 is 10.2. The van der Waals surface area contributed by atoms with Crippen LogP contribution in [0.25, 0.3) is 0 Å². The summed E-state index contributed by atoms with van der Waals surface area (Å²) in [6.07, 6.45) is 3.54. The summed E-state index contributed by atoms with van der Waals surface area (Å²) in [7, 11) is 0. The molecule has 0 aliphatic rings. The quantitative estimate of drug-likeness (QED) is 0.517. The highest BCUT2D eigenvalue weighted by atomic mass is 16.7. The highest BCUT2D eigenvalue weighted by Gasteiger charge is 2.20. The van der Waals surface area contributed by atoms with Crippen LogP contribution in [0.3, 0.4) is 0 Å². The highest BCUT2D eigenvalue weighted by molar-refractivity contribution is 5.60. The van der Waals surface area contributed by atoms with E-state index in [1.807, 2.05) is 20.8 Å². The van der Waals surface area contributed by atoms with Crippen LogP contribution < -0.4 is 0 Å². The predicted octanol–water partition coefficient (Wildman–Crippen LogP) is 3.68. The average molecular weight is 214 g/mol. The molecule has 0 aromatic carbocycles. The van der Waals surface area contributed by atoms with Gasteiger partial charge in [-0.3, -0.25) is 0 Å². The Morgan fingerprint density at radius 1 is 1.47 bits per heavy atom.